The monoisotopic (exact) mass is 329 g/mol. The smallest absolute Gasteiger partial charge is 0.311 e. The van der Waals surface area contributed by atoms with Crippen molar-refractivity contribution in [3.8, 4) is 5.69 Å². The number of hydrogen-bond acceptors (Lipinski definition) is 3. The molecule has 2 rings (SSSR count). The Balaban J connectivity index is 2.16. The van der Waals surface area contributed by atoms with E-state index in [2.05, 4.69) is 10.4 Å². The molecular formula is C18H23N3O3. The quantitative estimate of drug-likeness (QED) is 0.818. The minimum Gasteiger partial charge on any atom is -0.481 e. The highest BCUT2D eigenvalue weighted by atomic mass is 16.4. The summed E-state index contributed by atoms with van der Waals surface area (Å²) < 4.78 is 1.65. The first-order valence-electron chi connectivity index (χ1n) is 8.07. The van der Waals surface area contributed by atoms with Crippen LogP contribution in [0.4, 0.5) is 0 Å². The van der Waals surface area contributed by atoms with Crippen LogP contribution in [0.5, 0.6) is 0 Å². The standard InChI is InChI=1S/C18H23N3O3/c1-4-18(5-2,17(23)24)12-19-16(22)15-11-21(20-13(15)3)14-9-7-6-8-10-14/h6-11H,4-5,12H2,1-3H3,(H,19,22)(H,23,24). The van der Waals surface area contributed by atoms with E-state index >= 15 is 0 Å². The Morgan fingerprint density at radius 1 is 1.21 bits per heavy atom. The lowest BCUT2D eigenvalue weighted by Gasteiger charge is -2.26. The summed E-state index contributed by atoms with van der Waals surface area (Å²) in [5.41, 5.74) is 0.983. The lowest BCUT2D eigenvalue weighted by atomic mass is 9.82. The van der Waals surface area contributed by atoms with Crippen molar-refractivity contribution in [1.82, 2.24) is 15.1 Å². The molecule has 6 nitrogen and oxygen atoms in total. The van der Waals surface area contributed by atoms with Crippen molar-refractivity contribution < 1.29 is 14.7 Å². The summed E-state index contributed by atoms with van der Waals surface area (Å²) >= 11 is 0. The average molecular weight is 329 g/mol. The second-order valence-electron chi connectivity index (χ2n) is 5.88. The van der Waals surface area contributed by atoms with Gasteiger partial charge in [0.25, 0.3) is 5.91 Å². The topological polar surface area (TPSA) is 84.2 Å². The van der Waals surface area contributed by atoms with Gasteiger partial charge in [0.1, 0.15) is 0 Å². The van der Waals surface area contributed by atoms with Crippen LogP contribution in [0.3, 0.4) is 0 Å². The van der Waals surface area contributed by atoms with Crippen molar-refractivity contribution in [3.05, 3.63) is 47.8 Å². The number of aryl methyl sites for hydroxylation is 1. The van der Waals surface area contributed by atoms with E-state index in [0.29, 0.717) is 24.1 Å². The van der Waals surface area contributed by atoms with Gasteiger partial charge in [-0.15, -0.1) is 0 Å². The molecule has 0 bridgehead atoms. The van der Waals surface area contributed by atoms with Crippen LogP contribution in [0.1, 0.15) is 42.7 Å². The van der Waals surface area contributed by atoms with Gasteiger partial charge in [0.2, 0.25) is 0 Å². The van der Waals surface area contributed by atoms with Gasteiger partial charge in [-0.1, -0.05) is 32.0 Å². The van der Waals surface area contributed by atoms with Crippen molar-refractivity contribution in [2.75, 3.05) is 6.54 Å². The summed E-state index contributed by atoms with van der Waals surface area (Å²) in [6.07, 6.45) is 2.59. The first-order valence-corrected chi connectivity index (χ1v) is 8.07. The lowest BCUT2D eigenvalue weighted by molar-refractivity contribution is -0.149. The molecule has 1 aromatic heterocycles. The maximum Gasteiger partial charge on any atom is 0.311 e. The first kappa shape index (κ1) is 17.7. The Morgan fingerprint density at radius 3 is 2.38 bits per heavy atom. The number of carbonyl (C=O) groups excluding carboxylic acids is 1. The summed E-state index contributed by atoms with van der Waals surface area (Å²) in [5, 5.41) is 16.6. The fraction of sp³-hybridized carbons (Fsp3) is 0.389. The van der Waals surface area contributed by atoms with E-state index in [9.17, 15) is 14.7 Å². The van der Waals surface area contributed by atoms with E-state index in [-0.39, 0.29) is 12.5 Å². The third-order valence-electron chi connectivity index (χ3n) is 4.56. The van der Waals surface area contributed by atoms with Gasteiger partial charge in [0.15, 0.2) is 0 Å². The van der Waals surface area contributed by atoms with Crippen LogP contribution < -0.4 is 5.32 Å². The molecular weight excluding hydrogens is 306 g/mol. The minimum atomic E-state index is -0.932. The van der Waals surface area contributed by atoms with Gasteiger partial charge in [-0.3, -0.25) is 9.59 Å². The number of nitrogens with zero attached hydrogens (tertiary/aromatic N) is 2. The molecule has 0 aliphatic rings. The molecule has 0 aliphatic carbocycles. The predicted octanol–water partition coefficient (Wildman–Crippen LogP) is 2.80. The normalized spacial score (nSPS) is 11.3. The van der Waals surface area contributed by atoms with Gasteiger partial charge in [-0.2, -0.15) is 5.10 Å². The molecule has 0 saturated carbocycles. The Hall–Kier alpha value is -2.63. The van der Waals surface area contributed by atoms with Crippen LogP contribution in [-0.4, -0.2) is 33.3 Å². The van der Waals surface area contributed by atoms with E-state index in [1.54, 1.807) is 17.8 Å². The highest BCUT2D eigenvalue weighted by Crippen LogP contribution is 2.26. The molecule has 0 saturated heterocycles. The predicted molar refractivity (Wildman–Crippen MR) is 91.3 cm³/mol. The average Bonchev–Trinajstić information content (AvgIpc) is 2.98. The molecule has 1 amide bonds. The molecule has 0 radical (unpaired) electrons. The Kier molecular flexibility index (Phi) is 5.39. The highest BCUT2D eigenvalue weighted by molar-refractivity contribution is 5.95. The summed E-state index contributed by atoms with van der Waals surface area (Å²) in [6, 6.07) is 9.51. The van der Waals surface area contributed by atoms with Gasteiger partial charge in [-0.05, 0) is 31.9 Å². The molecule has 24 heavy (non-hydrogen) atoms. The fourth-order valence-corrected chi connectivity index (χ4v) is 2.62. The lowest BCUT2D eigenvalue weighted by Crippen LogP contribution is -2.42. The van der Waals surface area contributed by atoms with E-state index in [1.807, 2.05) is 44.2 Å². The van der Waals surface area contributed by atoms with Gasteiger partial charge in [0, 0.05) is 12.7 Å². The first-order chi connectivity index (χ1) is 11.4. The molecule has 128 valence electrons. The molecule has 1 heterocycles. The van der Waals surface area contributed by atoms with E-state index in [0.717, 1.165) is 5.69 Å². The zero-order valence-corrected chi connectivity index (χ0v) is 14.2. The largest absolute Gasteiger partial charge is 0.481 e. The number of nitrogens with one attached hydrogen (secondary N) is 1. The number of aliphatic carboxylic acids is 1. The van der Waals surface area contributed by atoms with Crippen LogP contribution >= 0.6 is 0 Å². The molecule has 0 atom stereocenters. The Morgan fingerprint density at radius 2 is 1.83 bits per heavy atom. The summed E-state index contributed by atoms with van der Waals surface area (Å²) in [7, 11) is 0. The number of hydrogen-bond donors (Lipinski definition) is 2. The van der Waals surface area contributed by atoms with Crippen LogP contribution in [0.25, 0.3) is 5.69 Å². The maximum absolute atomic E-state index is 12.5. The van der Waals surface area contributed by atoms with Crippen molar-refractivity contribution in [3.63, 3.8) is 0 Å². The van der Waals surface area contributed by atoms with Crippen LogP contribution in [-0.2, 0) is 4.79 Å². The molecule has 0 spiro atoms. The van der Waals surface area contributed by atoms with E-state index in [1.165, 1.54) is 0 Å². The highest BCUT2D eigenvalue weighted by Gasteiger charge is 2.35. The van der Waals surface area contributed by atoms with E-state index in [4.69, 9.17) is 0 Å². The zero-order chi connectivity index (χ0) is 17.7. The number of para-hydroxylation sites is 1. The second-order valence-corrected chi connectivity index (χ2v) is 5.88. The van der Waals surface area contributed by atoms with Crippen molar-refractivity contribution in [2.24, 2.45) is 5.41 Å². The van der Waals surface area contributed by atoms with Gasteiger partial charge < -0.3 is 10.4 Å². The van der Waals surface area contributed by atoms with Gasteiger partial charge in [-0.25, -0.2) is 4.68 Å². The Labute approximate surface area is 141 Å². The van der Waals surface area contributed by atoms with Gasteiger partial charge in [0.05, 0.1) is 22.4 Å². The van der Waals surface area contributed by atoms with Crippen molar-refractivity contribution >= 4 is 11.9 Å². The Bertz CT molecular complexity index is 718. The molecule has 2 N–H and O–H groups in total. The molecule has 0 aliphatic heterocycles. The van der Waals surface area contributed by atoms with Crippen LogP contribution in [0.15, 0.2) is 36.5 Å². The maximum atomic E-state index is 12.5. The molecule has 6 heteroatoms. The number of benzene rings is 1. The summed E-state index contributed by atoms with van der Waals surface area (Å²) in [6.45, 7) is 5.51. The number of carboxylic acid groups (broad SMARTS) is 1. The summed E-state index contributed by atoms with van der Waals surface area (Å²) in [5.74, 6) is -1.19. The fourth-order valence-electron chi connectivity index (χ4n) is 2.62. The number of aromatic nitrogens is 2. The summed E-state index contributed by atoms with van der Waals surface area (Å²) in [4.78, 5) is 24.0. The molecule has 0 unspecified atom stereocenters. The third-order valence-corrected chi connectivity index (χ3v) is 4.56. The number of rotatable bonds is 7. The van der Waals surface area contributed by atoms with Crippen LogP contribution in [0, 0.1) is 12.3 Å². The molecule has 0 fully saturated rings. The SMILES string of the molecule is CCC(CC)(CNC(=O)c1cn(-c2ccccc2)nc1C)C(=O)O. The molecule has 2 aromatic rings. The van der Waals surface area contributed by atoms with Crippen molar-refractivity contribution in [1.29, 1.82) is 0 Å². The second kappa shape index (κ2) is 7.29. The zero-order valence-electron chi connectivity index (χ0n) is 14.2. The van der Waals surface area contributed by atoms with Gasteiger partial charge >= 0.3 is 5.97 Å². The number of carbonyl (C=O) groups is 2. The van der Waals surface area contributed by atoms with Crippen LogP contribution in [0.2, 0.25) is 0 Å². The minimum absolute atomic E-state index is 0.101. The van der Waals surface area contributed by atoms with E-state index < -0.39 is 11.4 Å². The third kappa shape index (κ3) is 3.48. The number of carboxylic acids is 1. The number of amides is 1. The molecule has 1 aromatic carbocycles. The van der Waals surface area contributed by atoms with Crippen molar-refractivity contribution in [2.45, 2.75) is 33.6 Å².